The van der Waals surface area contributed by atoms with Crippen LogP contribution in [-0.4, -0.2) is 18.0 Å². The molecule has 1 saturated carbocycles. The fourth-order valence-corrected chi connectivity index (χ4v) is 2.12. The second-order valence-electron chi connectivity index (χ2n) is 4.79. The highest BCUT2D eigenvalue weighted by Gasteiger charge is 2.37. The first-order valence-corrected chi connectivity index (χ1v) is 6.33. The van der Waals surface area contributed by atoms with E-state index in [2.05, 4.69) is 4.89 Å². The van der Waals surface area contributed by atoms with Crippen molar-refractivity contribution in [2.45, 2.75) is 44.1 Å². The summed E-state index contributed by atoms with van der Waals surface area (Å²) >= 11 is 0. The van der Waals surface area contributed by atoms with Gasteiger partial charge in [-0.25, -0.2) is 13.6 Å². The number of carbonyl (C=O) groups is 1. The second kappa shape index (κ2) is 6.10. The molecule has 0 unspecified atom stereocenters. The molecule has 1 aromatic carbocycles. The number of carbonyl (C=O) groups excluding carboxylic acids is 1. The predicted molar refractivity (Wildman–Crippen MR) is 64.5 cm³/mol. The van der Waals surface area contributed by atoms with Crippen LogP contribution in [-0.2, 0) is 21.0 Å². The largest absolute Gasteiger partial charge is 0.346 e. The Morgan fingerprint density at radius 1 is 1.32 bits per heavy atom. The number of halogens is 2. The molecular weight excluding hydrogens is 254 g/mol. The standard InChI is InChI=1S/C14H16F2O3/c15-14(16)8-4-7-12(10-14)18-19-13(17)9-11-5-2-1-3-6-11/h1-3,5-6,12H,4,7-10H2/t12-/m1/s1. The van der Waals surface area contributed by atoms with E-state index in [0.29, 0.717) is 12.8 Å². The van der Waals surface area contributed by atoms with E-state index in [-0.39, 0.29) is 19.3 Å². The van der Waals surface area contributed by atoms with Gasteiger partial charge in [-0.3, -0.25) is 4.89 Å². The minimum atomic E-state index is -2.71. The minimum Gasteiger partial charge on any atom is -0.298 e. The number of rotatable bonds is 4. The van der Waals surface area contributed by atoms with Crippen molar-refractivity contribution in [1.82, 2.24) is 0 Å². The van der Waals surface area contributed by atoms with Gasteiger partial charge in [-0.15, -0.1) is 0 Å². The molecule has 19 heavy (non-hydrogen) atoms. The van der Waals surface area contributed by atoms with Crippen LogP contribution in [0.15, 0.2) is 30.3 Å². The summed E-state index contributed by atoms with van der Waals surface area (Å²) in [6.07, 6.45) is -0.258. The van der Waals surface area contributed by atoms with Crippen LogP contribution < -0.4 is 0 Å². The van der Waals surface area contributed by atoms with Gasteiger partial charge in [0.1, 0.15) is 6.10 Å². The Morgan fingerprint density at radius 3 is 2.74 bits per heavy atom. The molecule has 0 aromatic heterocycles. The first-order valence-electron chi connectivity index (χ1n) is 6.33. The van der Waals surface area contributed by atoms with Crippen LogP contribution in [0.25, 0.3) is 0 Å². The van der Waals surface area contributed by atoms with E-state index < -0.39 is 18.0 Å². The van der Waals surface area contributed by atoms with E-state index in [0.717, 1.165) is 5.56 Å². The molecule has 0 N–H and O–H groups in total. The van der Waals surface area contributed by atoms with Crippen molar-refractivity contribution in [2.75, 3.05) is 0 Å². The monoisotopic (exact) mass is 270 g/mol. The quantitative estimate of drug-likeness (QED) is 0.622. The lowest BCUT2D eigenvalue weighted by atomic mass is 9.94. The Balaban J connectivity index is 1.75. The molecule has 1 atom stereocenters. The average molecular weight is 270 g/mol. The molecule has 1 aromatic rings. The summed E-state index contributed by atoms with van der Waals surface area (Å²) in [5.74, 6) is -3.28. The molecule has 104 valence electrons. The van der Waals surface area contributed by atoms with Crippen LogP contribution in [0.3, 0.4) is 0 Å². The highest BCUT2D eigenvalue weighted by Crippen LogP contribution is 2.34. The Bertz CT molecular complexity index is 420. The highest BCUT2D eigenvalue weighted by molar-refractivity contribution is 5.71. The van der Waals surface area contributed by atoms with Crippen molar-refractivity contribution in [3.05, 3.63) is 35.9 Å². The van der Waals surface area contributed by atoms with Gasteiger partial charge in [-0.05, 0) is 18.4 Å². The lowest BCUT2D eigenvalue weighted by Crippen LogP contribution is -2.31. The summed E-state index contributed by atoms with van der Waals surface area (Å²) in [5.41, 5.74) is 0.796. The van der Waals surface area contributed by atoms with Crippen molar-refractivity contribution in [3.8, 4) is 0 Å². The molecule has 2 rings (SSSR count). The summed E-state index contributed by atoms with van der Waals surface area (Å²) in [6, 6.07) is 9.04. The Hall–Kier alpha value is -1.49. The molecule has 1 aliphatic rings. The first-order chi connectivity index (χ1) is 9.05. The van der Waals surface area contributed by atoms with E-state index in [9.17, 15) is 13.6 Å². The number of hydrogen-bond donors (Lipinski definition) is 0. The minimum absolute atomic E-state index is 0.0734. The van der Waals surface area contributed by atoms with Gasteiger partial charge in [0.2, 0.25) is 0 Å². The Labute approximate surface area is 110 Å². The molecule has 1 aliphatic carbocycles. The van der Waals surface area contributed by atoms with Crippen molar-refractivity contribution in [3.63, 3.8) is 0 Å². The van der Waals surface area contributed by atoms with Crippen LogP contribution in [0.2, 0.25) is 0 Å². The third-order valence-electron chi connectivity index (χ3n) is 3.06. The Morgan fingerprint density at radius 2 is 2.05 bits per heavy atom. The maximum absolute atomic E-state index is 13.1. The van der Waals surface area contributed by atoms with Gasteiger partial charge in [0.05, 0.1) is 6.42 Å². The van der Waals surface area contributed by atoms with Crippen molar-refractivity contribution in [2.24, 2.45) is 0 Å². The van der Waals surface area contributed by atoms with E-state index in [4.69, 9.17) is 4.89 Å². The lowest BCUT2D eigenvalue weighted by molar-refractivity contribution is -0.311. The molecule has 1 fully saturated rings. The van der Waals surface area contributed by atoms with Crippen LogP contribution >= 0.6 is 0 Å². The van der Waals surface area contributed by atoms with Gasteiger partial charge in [0.25, 0.3) is 5.92 Å². The maximum atomic E-state index is 13.1. The van der Waals surface area contributed by atoms with Gasteiger partial charge < -0.3 is 0 Å². The molecule has 0 aliphatic heterocycles. The summed E-state index contributed by atoms with van der Waals surface area (Å²) in [7, 11) is 0. The van der Waals surface area contributed by atoms with Crippen LogP contribution in [0.5, 0.6) is 0 Å². The molecule has 0 radical (unpaired) electrons. The summed E-state index contributed by atoms with van der Waals surface area (Å²) in [5, 5.41) is 0. The Kier molecular flexibility index (Phi) is 4.47. The zero-order valence-corrected chi connectivity index (χ0v) is 10.5. The zero-order valence-electron chi connectivity index (χ0n) is 10.5. The molecule has 0 spiro atoms. The molecule has 3 nitrogen and oxygen atoms in total. The van der Waals surface area contributed by atoms with Gasteiger partial charge in [-0.2, -0.15) is 4.89 Å². The normalized spacial score (nSPS) is 21.9. The van der Waals surface area contributed by atoms with Crippen LogP contribution in [0, 0.1) is 0 Å². The van der Waals surface area contributed by atoms with E-state index in [1.165, 1.54) is 0 Å². The third-order valence-corrected chi connectivity index (χ3v) is 3.06. The van der Waals surface area contributed by atoms with Gasteiger partial charge in [0, 0.05) is 12.8 Å². The van der Waals surface area contributed by atoms with Crippen molar-refractivity contribution in [1.29, 1.82) is 0 Å². The zero-order chi connectivity index (χ0) is 13.7. The molecule has 0 bridgehead atoms. The maximum Gasteiger partial charge on any atom is 0.346 e. The molecule has 0 saturated heterocycles. The fourth-order valence-electron chi connectivity index (χ4n) is 2.12. The second-order valence-corrected chi connectivity index (χ2v) is 4.79. The van der Waals surface area contributed by atoms with Crippen LogP contribution in [0.1, 0.15) is 31.2 Å². The van der Waals surface area contributed by atoms with Crippen molar-refractivity contribution < 1.29 is 23.4 Å². The SMILES string of the molecule is O=C(Cc1ccccc1)OO[C@@H]1CCCC(F)(F)C1. The average Bonchev–Trinajstić information content (AvgIpc) is 2.36. The van der Waals surface area contributed by atoms with Gasteiger partial charge >= 0.3 is 5.97 Å². The molecule has 0 amide bonds. The van der Waals surface area contributed by atoms with E-state index >= 15 is 0 Å². The third kappa shape index (κ3) is 4.59. The summed E-state index contributed by atoms with van der Waals surface area (Å²) in [4.78, 5) is 20.9. The summed E-state index contributed by atoms with van der Waals surface area (Å²) in [6.45, 7) is 0. The molecule has 0 heterocycles. The van der Waals surface area contributed by atoms with Crippen molar-refractivity contribution >= 4 is 5.97 Å². The molecule has 5 heteroatoms. The number of benzene rings is 1. The fraction of sp³-hybridized carbons (Fsp3) is 0.500. The first kappa shape index (κ1) is 13.9. The van der Waals surface area contributed by atoms with E-state index in [1.54, 1.807) is 12.1 Å². The number of alkyl halides is 2. The van der Waals surface area contributed by atoms with Crippen LogP contribution in [0.4, 0.5) is 8.78 Å². The van der Waals surface area contributed by atoms with Gasteiger partial charge in [0.15, 0.2) is 0 Å². The smallest absolute Gasteiger partial charge is 0.298 e. The number of hydrogen-bond acceptors (Lipinski definition) is 3. The lowest BCUT2D eigenvalue weighted by Gasteiger charge is -2.27. The van der Waals surface area contributed by atoms with Gasteiger partial charge in [-0.1, -0.05) is 30.3 Å². The predicted octanol–water partition coefficient (Wildman–Crippen LogP) is 3.28. The highest BCUT2D eigenvalue weighted by atomic mass is 19.3. The van der Waals surface area contributed by atoms with E-state index in [1.807, 2.05) is 18.2 Å². The summed E-state index contributed by atoms with van der Waals surface area (Å²) < 4.78 is 26.2. The molecular formula is C14H16F2O3. The topological polar surface area (TPSA) is 35.5 Å².